The van der Waals surface area contributed by atoms with E-state index in [1.165, 1.54) is 16.8 Å². The molecule has 0 aliphatic carbocycles. The van der Waals surface area contributed by atoms with E-state index in [1.807, 2.05) is 35.0 Å². The topological polar surface area (TPSA) is 86.3 Å². The molecule has 5 rings (SSSR count). The Morgan fingerprint density at radius 1 is 1.21 bits per heavy atom. The van der Waals surface area contributed by atoms with Crippen LogP contribution in [0.2, 0.25) is 5.02 Å². The summed E-state index contributed by atoms with van der Waals surface area (Å²) in [7, 11) is 0. The third-order valence-electron chi connectivity index (χ3n) is 6.07. The molecule has 3 aliphatic heterocycles. The molecule has 8 nitrogen and oxygen atoms in total. The zero-order valence-electron chi connectivity index (χ0n) is 18.8. The fourth-order valence-electron chi connectivity index (χ4n) is 4.01. The van der Waals surface area contributed by atoms with Crippen LogP contribution < -0.4 is 4.74 Å². The summed E-state index contributed by atoms with van der Waals surface area (Å²) in [5.41, 5.74) is 1.02. The Balaban J connectivity index is 1.28. The van der Waals surface area contributed by atoms with Gasteiger partial charge < -0.3 is 14.2 Å². The van der Waals surface area contributed by atoms with Crippen LogP contribution in [0.1, 0.15) is 25.5 Å². The number of aromatic nitrogens is 1. The maximum Gasteiger partial charge on any atom is 0.283 e. The molecule has 1 amide bonds. The fraction of sp³-hybridized carbons (Fsp3) is 0.333. The van der Waals surface area contributed by atoms with Gasteiger partial charge in [-0.25, -0.2) is 0 Å². The molecule has 0 bridgehead atoms. The molecule has 4 heterocycles. The summed E-state index contributed by atoms with van der Waals surface area (Å²) in [5, 5.41) is 16.7. The van der Waals surface area contributed by atoms with E-state index in [4.69, 9.17) is 21.7 Å². The first kappa shape index (κ1) is 22.7. The summed E-state index contributed by atoms with van der Waals surface area (Å²) in [6.07, 6.45) is 5.86. The van der Waals surface area contributed by atoms with Crippen molar-refractivity contribution in [3.63, 3.8) is 0 Å². The second kappa shape index (κ2) is 9.68. The molecule has 0 spiro atoms. The van der Waals surface area contributed by atoms with E-state index in [-0.39, 0.29) is 11.4 Å². The smallest absolute Gasteiger partial charge is 0.283 e. The first-order valence-electron chi connectivity index (χ1n) is 11.3. The van der Waals surface area contributed by atoms with E-state index >= 15 is 0 Å². The first-order chi connectivity index (χ1) is 16.5. The van der Waals surface area contributed by atoms with E-state index in [1.54, 1.807) is 18.2 Å². The SMILES string of the molecule is CC1CCN(C2=NN3C(=N)/C(=C/c4cccn4CCOc4ccc(Cl)cc4)C(=O)N=C3S2)CC1. The fourth-order valence-corrected chi connectivity index (χ4v) is 5.08. The highest BCUT2D eigenvalue weighted by Crippen LogP contribution is 2.31. The minimum absolute atomic E-state index is 0.0491. The number of piperidine rings is 1. The van der Waals surface area contributed by atoms with Crippen molar-refractivity contribution in [1.29, 1.82) is 5.41 Å². The average molecular weight is 497 g/mol. The van der Waals surface area contributed by atoms with Gasteiger partial charge in [-0.15, -0.1) is 5.10 Å². The zero-order valence-corrected chi connectivity index (χ0v) is 20.3. The number of nitrogens with zero attached hydrogens (tertiary/aromatic N) is 5. The van der Waals surface area contributed by atoms with Gasteiger partial charge in [0.25, 0.3) is 5.91 Å². The van der Waals surface area contributed by atoms with Crippen molar-refractivity contribution in [2.45, 2.75) is 26.3 Å². The number of hydrogen-bond acceptors (Lipinski definition) is 6. The highest BCUT2D eigenvalue weighted by Gasteiger charge is 2.37. The predicted octanol–water partition coefficient (Wildman–Crippen LogP) is 4.53. The highest BCUT2D eigenvalue weighted by molar-refractivity contribution is 8.26. The van der Waals surface area contributed by atoms with E-state index in [0.29, 0.717) is 29.3 Å². The van der Waals surface area contributed by atoms with Crippen LogP contribution in [-0.2, 0) is 11.3 Å². The number of fused-ring (bicyclic) bond motifs is 1. The van der Waals surface area contributed by atoms with Gasteiger partial charge in [0.2, 0.25) is 5.17 Å². The van der Waals surface area contributed by atoms with Crippen LogP contribution in [0.5, 0.6) is 5.75 Å². The first-order valence-corrected chi connectivity index (χ1v) is 12.5. The molecule has 0 radical (unpaired) electrons. The van der Waals surface area contributed by atoms with Crippen molar-refractivity contribution in [2.24, 2.45) is 16.0 Å². The van der Waals surface area contributed by atoms with Gasteiger partial charge in [0.05, 0.1) is 12.1 Å². The second-order valence-corrected chi connectivity index (χ2v) is 9.87. The van der Waals surface area contributed by atoms with E-state index in [9.17, 15) is 4.79 Å². The molecular formula is C24H25ClN6O2S. The number of hydrogen-bond donors (Lipinski definition) is 1. The molecule has 1 aromatic carbocycles. The summed E-state index contributed by atoms with van der Waals surface area (Å²) >= 11 is 7.28. The van der Waals surface area contributed by atoms with Crippen LogP contribution >= 0.6 is 23.4 Å². The predicted molar refractivity (Wildman–Crippen MR) is 136 cm³/mol. The van der Waals surface area contributed by atoms with Gasteiger partial charge in [-0.3, -0.25) is 10.2 Å². The Kier molecular flexibility index (Phi) is 6.47. The lowest BCUT2D eigenvalue weighted by atomic mass is 10.00. The summed E-state index contributed by atoms with van der Waals surface area (Å²) < 4.78 is 7.77. The van der Waals surface area contributed by atoms with Crippen LogP contribution in [-0.4, -0.2) is 56.3 Å². The number of thioether (sulfide) groups is 1. The third kappa shape index (κ3) is 4.76. The molecule has 34 heavy (non-hydrogen) atoms. The normalized spacial score (nSPS) is 20.0. The molecule has 1 aromatic heterocycles. The standard InChI is InChI=1S/C24H25ClN6O2S/c1-16-8-11-30(12-9-16)24-28-31-21(26)20(22(32)27-23(31)34-24)15-18-3-2-10-29(18)13-14-33-19-6-4-17(25)5-7-19/h2-7,10,15-16,26H,8-9,11-14H2,1H3/b20-15-,26-21?. The van der Waals surface area contributed by atoms with Crippen LogP contribution in [0.3, 0.4) is 0 Å². The minimum atomic E-state index is -0.419. The van der Waals surface area contributed by atoms with Crippen molar-refractivity contribution in [1.82, 2.24) is 14.5 Å². The number of benzene rings is 1. The summed E-state index contributed by atoms with van der Waals surface area (Å²) in [5.74, 6) is 1.09. The average Bonchev–Trinajstić information content (AvgIpc) is 3.45. The number of hydrazone groups is 1. The molecule has 10 heteroatoms. The number of amides is 1. The third-order valence-corrected chi connectivity index (χ3v) is 7.29. The van der Waals surface area contributed by atoms with Gasteiger partial charge in [0, 0.05) is 30.0 Å². The quantitative estimate of drug-likeness (QED) is 0.614. The number of likely N-dealkylation sites (tertiary alicyclic amines) is 1. The Labute approximate surface area is 207 Å². The molecule has 1 fully saturated rings. The lowest BCUT2D eigenvalue weighted by Gasteiger charge is -2.30. The molecule has 176 valence electrons. The lowest BCUT2D eigenvalue weighted by Crippen LogP contribution is -2.36. The van der Waals surface area contributed by atoms with Crippen molar-refractivity contribution >= 4 is 51.5 Å². The molecular weight excluding hydrogens is 472 g/mol. The van der Waals surface area contributed by atoms with Crippen LogP contribution in [0.4, 0.5) is 0 Å². The molecule has 0 atom stereocenters. The van der Waals surface area contributed by atoms with Crippen molar-refractivity contribution in [3.05, 3.63) is 58.9 Å². The van der Waals surface area contributed by atoms with E-state index in [0.717, 1.165) is 42.5 Å². The Morgan fingerprint density at radius 3 is 2.74 bits per heavy atom. The van der Waals surface area contributed by atoms with Gasteiger partial charge in [0.1, 0.15) is 12.4 Å². The number of amidine groups is 3. The molecule has 1 saturated heterocycles. The van der Waals surface area contributed by atoms with Crippen LogP contribution in [0, 0.1) is 11.3 Å². The minimum Gasteiger partial charge on any atom is -0.492 e. The van der Waals surface area contributed by atoms with Crippen molar-refractivity contribution in [3.8, 4) is 5.75 Å². The lowest BCUT2D eigenvalue weighted by molar-refractivity contribution is -0.114. The molecule has 3 aliphatic rings. The molecule has 0 saturated carbocycles. The van der Waals surface area contributed by atoms with Crippen LogP contribution in [0.15, 0.2) is 58.3 Å². The van der Waals surface area contributed by atoms with Crippen molar-refractivity contribution < 1.29 is 9.53 Å². The Bertz CT molecular complexity index is 1190. The summed E-state index contributed by atoms with van der Waals surface area (Å²) in [6.45, 7) is 5.16. The number of carbonyl (C=O) groups excluding carboxylic acids is 1. The summed E-state index contributed by atoms with van der Waals surface area (Å²) in [6, 6.07) is 11.0. The van der Waals surface area contributed by atoms with Gasteiger partial charge in [0.15, 0.2) is 11.0 Å². The number of halogens is 1. The number of carbonyl (C=O) groups is 1. The molecule has 0 unspecified atom stereocenters. The molecule has 1 N–H and O–H groups in total. The van der Waals surface area contributed by atoms with Gasteiger partial charge >= 0.3 is 0 Å². The molecule has 2 aromatic rings. The second-order valence-electron chi connectivity index (χ2n) is 8.50. The monoisotopic (exact) mass is 496 g/mol. The summed E-state index contributed by atoms with van der Waals surface area (Å²) in [4.78, 5) is 19.2. The zero-order chi connectivity index (χ0) is 23.7. The van der Waals surface area contributed by atoms with E-state index in [2.05, 4.69) is 21.9 Å². The van der Waals surface area contributed by atoms with E-state index < -0.39 is 5.91 Å². The Morgan fingerprint density at radius 2 is 1.97 bits per heavy atom. The maximum absolute atomic E-state index is 12.8. The number of ether oxygens (including phenoxy) is 1. The Hall–Kier alpha value is -3.04. The van der Waals surface area contributed by atoms with Gasteiger partial charge in [-0.1, -0.05) is 18.5 Å². The number of aliphatic imine (C=N–C) groups is 1. The van der Waals surface area contributed by atoms with Crippen LogP contribution in [0.25, 0.3) is 6.08 Å². The van der Waals surface area contributed by atoms with Gasteiger partial charge in [-0.2, -0.15) is 10.0 Å². The number of nitrogens with one attached hydrogen (secondary N) is 1. The number of rotatable bonds is 5. The largest absolute Gasteiger partial charge is 0.492 e. The van der Waals surface area contributed by atoms with Crippen molar-refractivity contribution in [2.75, 3.05) is 19.7 Å². The van der Waals surface area contributed by atoms with Gasteiger partial charge in [-0.05, 0) is 73.0 Å². The highest BCUT2D eigenvalue weighted by atomic mass is 35.5. The maximum atomic E-state index is 12.8.